The molecule has 0 N–H and O–H groups in total. The number of aryl methyl sites for hydroxylation is 2. The summed E-state index contributed by atoms with van der Waals surface area (Å²) in [5.41, 5.74) is 1.65. The lowest BCUT2D eigenvalue weighted by Gasteiger charge is -2.43. The maximum Gasteiger partial charge on any atom is 0.279 e. The lowest BCUT2D eigenvalue weighted by Crippen LogP contribution is -2.50. The van der Waals surface area contributed by atoms with E-state index in [2.05, 4.69) is 10.1 Å². The molecule has 4 heterocycles. The van der Waals surface area contributed by atoms with Crippen LogP contribution in [0.1, 0.15) is 31.3 Å². The van der Waals surface area contributed by atoms with Gasteiger partial charge in [0.1, 0.15) is 23.6 Å². The highest BCUT2D eigenvalue weighted by Gasteiger charge is 2.36. The Balaban J connectivity index is 1.73. The highest BCUT2D eigenvalue weighted by Crippen LogP contribution is 2.39. The third-order valence-corrected chi connectivity index (χ3v) is 6.53. The van der Waals surface area contributed by atoms with Gasteiger partial charge in [0.25, 0.3) is 5.56 Å². The number of halogens is 2. The molecule has 5 rings (SSSR count). The number of pyridine rings is 1. The Hall–Kier alpha value is -3.30. The van der Waals surface area contributed by atoms with E-state index < -0.39 is 11.4 Å². The van der Waals surface area contributed by atoms with E-state index >= 15 is 4.39 Å². The summed E-state index contributed by atoms with van der Waals surface area (Å²) in [4.78, 5) is 24.5. The predicted molar refractivity (Wildman–Crippen MR) is 133 cm³/mol. The average Bonchev–Trinajstić information content (AvgIpc) is 3.22. The smallest absolute Gasteiger partial charge is 0.279 e. The number of aromatic nitrogens is 5. The number of hydrogen-bond acceptors (Lipinski definition) is 6. The van der Waals surface area contributed by atoms with Crippen LogP contribution in [0.3, 0.4) is 0 Å². The zero-order valence-corrected chi connectivity index (χ0v) is 21.0. The Labute approximate surface area is 206 Å². The maximum absolute atomic E-state index is 15.1. The van der Waals surface area contributed by atoms with E-state index in [4.69, 9.17) is 21.3 Å². The minimum absolute atomic E-state index is 0.230. The Bertz CT molecular complexity index is 1510. The van der Waals surface area contributed by atoms with Gasteiger partial charge in [0.2, 0.25) is 0 Å². The van der Waals surface area contributed by atoms with E-state index in [1.54, 1.807) is 43.0 Å². The molecule has 8 nitrogen and oxygen atoms in total. The molecule has 1 aromatic carbocycles. The van der Waals surface area contributed by atoms with Crippen molar-refractivity contribution in [3.63, 3.8) is 0 Å². The Kier molecular flexibility index (Phi) is 5.64. The summed E-state index contributed by atoms with van der Waals surface area (Å²) < 4.78 is 24.7. The highest BCUT2D eigenvalue weighted by atomic mass is 35.5. The summed E-state index contributed by atoms with van der Waals surface area (Å²) in [7, 11) is 3.51. The van der Waals surface area contributed by atoms with Crippen LogP contribution in [0.2, 0.25) is 5.02 Å². The molecule has 4 aromatic rings. The van der Waals surface area contributed by atoms with Crippen LogP contribution < -0.4 is 10.5 Å². The van der Waals surface area contributed by atoms with Gasteiger partial charge in [-0.15, -0.1) is 0 Å². The zero-order valence-electron chi connectivity index (χ0n) is 20.2. The fourth-order valence-corrected chi connectivity index (χ4v) is 4.72. The summed E-state index contributed by atoms with van der Waals surface area (Å²) in [6.45, 7) is 6.69. The highest BCUT2D eigenvalue weighted by molar-refractivity contribution is 6.30. The van der Waals surface area contributed by atoms with Gasteiger partial charge in [-0.1, -0.05) is 11.6 Å². The number of ether oxygens (including phenoxy) is 1. The first-order chi connectivity index (χ1) is 16.5. The largest absolute Gasteiger partial charge is 0.364 e. The van der Waals surface area contributed by atoms with Gasteiger partial charge >= 0.3 is 0 Å². The molecule has 1 atom stereocenters. The van der Waals surface area contributed by atoms with Crippen molar-refractivity contribution in [3.8, 4) is 11.1 Å². The van der Waals surface area contributed by atoms with E-state index in [-0.39, 0.29) is 17.2 Å². The number of hydrogen-bond donors (Lipinski definition) is 0. The Morgan fingerprint density at radius 2 is 1.94 bits per heavy atom. The summed E-state index contributed by atoms with van der Waals surface area (Å²) >= 11 is 6.03. The lowest BCUT2D eigenvalue weighted by molar-refractivity contribution is -0.0857. The summed E-state index contributed by atoms with van der Waals surface area (Å²) in [5.74, 6) is 0.562. The van der Waals surface area contributed by atoms with E-state index in [0.29, 0.717) is 46.4 Å². The first kappa shape index (κ1) is 23.4. The van der Waals surface area contributed by atoms with Gasteiger partial charge in [-0.3, -0.25) is 14.0 Å². The molecule has 10 heteroatoms. The molecule has 3 aromatic heterocycles. The molecule has 1 aliphatic heterocycles. The van der Waals surface area contributed by atoms with E-state index in [1.165, 1.54) is 10.6 Å². The fourth-order valence-electron chi connectivity index (χ4n) is 4.56. The molecule has 1 fully saturated rings. The Morgan fingerprint density at radius 3 is 2.63 bits per heavy atom. The molecule has 0 saturated carbocycles. The molecule has 1 aliphatic rings. The quantitative estimate of drug-likeness (QED) is 0.423. The summed E-state index contributed by atoms with van der Waals surface area (Å²) in [6.07, 6.45) is 3.41. The maximum atomic E-state index is 15.1. The third-order valence-electron chi connectivity index (χ3n) is 6.29. The number of morpholine rings is 1. The van der Waals surface area contributed by atoms with Gasteiger partial charge in [-0.2, -0.15) is 5.10 Å². The van der Waals surface area contributed by atoms with E-state index in [0.717, 1.165) is 5.56 Å². The second-order valence-electron chi connectivity index (χ2n) is 9.57. The van der Waals surface area contributed by atoms with Crippen molar-refractivity contribution in [3.05, 3.63) is 69.2 Å². The second kappa shape index (κ2) is 8.42. The molecule has 0 bridgehead atoms. The average molecular weight is 497 g/mol. The van der Waals surface area contributed by atoms with Gasteiger partial charge in [-0.05, 0) is 45.0 Å². The van der Waals surface area contributed by atoms with Crippen LogP contribution in [-0.2, 0) is 18.8 Å². The molecule has 0 spiro atoms. The van der Waals surface area contributed by atoms with Crippen molar-refractivity contribution in [2.45, 2.75) is 32.5 Å². The van der Waals surface area contributed by atoms with Crippen LogP contribution >= 0.6 is 11.6 Å². The SMILES string of the molecule is Cc1nc2cc(-c3ccc(Cl)cc3F)c(N3CC(c4cnn(C)c4)OC(C)(C)C3)nc2c(=O)n1C. The molecule has 0 amide bonds. The van der Waals surface area contributed by atoms with Crippen LogP contribution in [0.15, 0.2) is 41.5 Å². The second-order valence-corrected chi connectivity index (χ2v) is 10.0. The van der Waals surface area contributed by atoms with Crippen LogP contribution in [-0.4, -0.2) is 43.0 Å². The number of rotatable bonds is 3. The van der Waals surface area contributed by atoms with Crippen molar-refractivity contribution < 1.29 is 9.13 Å². The van der Waals surface area contributed by atoms with Crippen molar-refractivity contribution in [2.75, 3.05) is 18.0 Å². The molecular formula is C25H26ClFN6O2. The minimum Gasteiger partial charge on any atom is -0.364 e. The van der Waals surface area contributed by atoms with Crippen LogP contribution in [0, 0.1) is 12.7 Å². The fraction of sp³-hybridized carbons (Fsp3) is 0.360. The predicted octanol–water partition coefficient (Wildman–Crippen LogP) is 4.19. The van der Waals surface area contributed by atoms with Gasteiger partial charge < -0.3 is 9.64 Å². The monoisotopic (exact) mass is 496 g/mol. The molecule has 1 unspecified atom stereocenters. The van der Waals surface area contributed by atoms with E-state index in [1.807, 2.05) is 32.0 Å². The first-order valence-electron chi connectivity index (χ1n) is 11.3. The molecular weight excluding hydrogens is 471 g/mol. The first-order valence-corrected chi connectivity index (χ1v) is 11.7. The number of fused-ring (bicyclic) bond motifs is 1. The molecule has 35 heavy (non-hydrogen) atoms. The topological polar surface area (TPSA) is 78.1 Å². The Morgan fingerprint density at radius 1 is 1.17 bits per heavy atom. The standard InChI is InChI=1S/C25H26ClFN6O2/c1-14-29-20-9-18(17-7-6-16(26)8-19(17)27)23(30-22(20)24(34)32(14)5)33-12-21(35-25(2,3)13-33)15-10-28-31(4)11-15/h6-11,21H,12-13H2,1-5H3. The van der Waals surface area contributed by atoms with Crippen molar-refractivity contribution in [1.82, 2.24) is 24.3 Å². The zero-order chi connectivity index (χ0) is 25.1. The molecule has 0 radical (unpaired) electrons. The van der Waals surface area contributed by atoms with Crippen molar-refractivity contribution >= 4 is 28.5 Å². The van der Waals surface area contributed by atoms with Gasteiger partial charge in [0.15, 0.2) is 5.52 Å². The molecule has 182 valence electrons. The minimum atomic E-state index is -0.540. The molecule has 0 aliphatic carbocycles. The van der Waals surface area contributed by atoms with Crippen molar-refractivity contribution in [2.24, 2.45) is 14.1 Å². The van der Waals surface area contributed by atoms with Crippen LogP contribution in [0.25, 0.3) is 22.2 Å². The molecule has 1 saturated heterocycles. The van der Waals surface area contributed by atoms with Gasteiger partial charge in [-0.25, -0.2) is 14.4 Å². The van der Waals surface area contributed by atoms with Crippen molar-refractivity contribution in [1.29, 1.82) is 0 Å². The van der Waals surface area contributed by atoms with Gasteiger partial charge in [0.05, 0.1) is 23.9 Å². The van der Waals surface area contributed by atoms with Crippen LogP contribution in [0.5, 0.6) is 0 Å². The third kappa shape index (κ3) is 4.30. The number of anilines is 1. The van der Waals surface area contributed by atoms with Gasteiger partial charge in [0, 0.05) is 48.5 Å². The van der Waals surface area contributed by atoms with E-state index in [9.17, 15) is 4.79 Å². The number of nitrogens with zero attached hydrogens (tertiary/aromatic N) is 6. The normalized spacial score (nSPS) is 17.8. The lowest BCUT2D eigenvalue weighted by atomic mass is 10.00. The number of benzene rings is 1. The summed E-state index contributed by atoms with van der Waals surface area (Å²) in [6, 6.07) is 6.27. The van der Waals surface area contributed by atoms with Crippen LogP contribution in [0.4, 0.5) is 10.2 Å². The summed E-state index contributed by atoms with van der Waals surface area (Å²) in [5, 5.41) is 4.58.